The van der Waals surface area contributed by atoms with Crippen LogP contribution < -0.4 is 9.64 Å². The Bertz CT molecular complexity index is 986. The predicted octanol–water partition coefficient (Wildman–Crippen LogP) is 4.80. The van der Waals surface area contributed by atoms with Gasteiger partial charge in [0.15, 0.2) is 5.78 Å². The second-order valence-corrected chi connectivity index (χ2v) is 8.58. The number of hydrogen-bond donors (Lipinski definition) is 0. The third-order valence-corrected chi connectivity index (χ3v) is 6.65. The van der Waals surface area contributed by atoms with Crippen molar-refractivity contribution in [1.29, 1.82) is 0 Å². The van der Waals surface area contributed by atoms with E-state index in [1.807, 2.05) is 49.3 Å². The van der Waals surface area contributed by atoms with Gasteiger partial charge in [-0.3, -0.25) is 9.69 Å². The molecule has 0 bridgehead atoms. The van der Waals surface area contributed by atoms with Crippen molar-refractivity contribution in [2.45, 2.75) is 19.4 Å². The standard InChI is InChI=1S/C23H26N2O2S/c1-24(2)23-21(19-11-10-18(27-3)14-20(19)28-23)22(26)17-8-6-16(7-9-17)15-25-12-4-5-13-25/h6-11,14H,4-5,12-13,15H2,1-3H3. The maximum Gasteiger partial charge on any atom is 0.196 e. The molecule has 1 aliphatic rings. The first-order valence-electron chi connectivity index (χ1n) is 9.70. The molecule has 1 aromatic heterocycles. The lowest BCUT2D eigenvalue weighted by Gasteiger charge is -2.15. The van der Waals surface area contributed by atoms with E-state index < -0.39 is 0 Å². The SMILES string of the molecule is COc1ccc2c(C(=O)c3ccc(CN4CCCC4)cc3)c(N(C)C)sc2c1. The van der Waals surface area contributed by atoms with Gasteiger partial charge in [0.1, 0.15) is 10.8 Å². The van der Waals surface area contributed by atoms with Gasteiger partial charge in [-0.15, -0.1) is 11.3 Å². The molecule has 4 nitrogen and oxygen atoms in total. The van der Waals surface area contributed by atoms with Gasteiger partial charge in [-0.1, -0.05) is 24.3 Å². The molecular weight excluding hydrogens is 368 g/mol. The molecule has 146 valence electrons. The summed E-state index contributed by atoms with van der Waals surface area (Å²) >= 11 is 1.63. The van der Waals surface area contributed by atoms with Gasteiger partial charge < -0.3 is 9.64 Å². The van der Waals surface area contributed by atoms with Crippen molar-refractivity contribution in [3.05, 3.63) is 59.2 Å². The molecule has 0 N–H and O–H groups in total. The molecule has 2 heterocycles. The smallest absolute Gasteiger partial charge is 0.196 e. The molecule has 0 atom stereocenters. The van der Waals surface area contributed by atoms with Crippen LogP contribution in [0.1, 0.15) is 34.3 Å². The highest BCUT2D eigenvalue weighted by molar-refractivity contribution is 7.23. The Morgan fingerprint density at radius 3 is 2.46 bits per heavy atom. The average Bonchev–Trinajstić information content (AvgIpc) is 3.35. The van der Waals surface area contributed by atoms with Crippen LogP contribution in [-0.4, -0.2) is 45.0 Å². The first-order valence-corrected chi connectivity index (χ1v) is 10.5. The van der Waals surface area contributed by atoms with E-state index in [1.54, 1.807) is 18.4 Å². The number of likely N-dealkylation sites (tertiary alicyclic amines) is 1. The van der Waals surface area contributed by atoms with Crippen molar-refractivity contribution in [1.82, 2.24) is 4.90 Å². The van der Waals surface area contributed by atoms with E-state index in [4.69, 9.17) is 4.74 Å². The zero-order valence-electron chi connectivity index (χ0n) is 16.7. The molecule has 28 heavy (non-hydrogen) atoms. The van der Waals surface area contributed by atoms with Crippen molar-refractivity contribution in [3.63, 3.8) is 0 Å². The quantitative estimate of drug-likeness (QED) is 0.562. The Morgan fingerprint density at radius 2 is 1.82 bits per heavy atom. The lowest BCUT2D eigenvalue weighted by atomic mass is 10.00. The van der Waals surface area contributed by atoms with E-state index in [-0.39, 0.29) is 5.78 Å². The van der Waals surface area contributed by atoms with Gasteiger partial charge in [0.05, 0.1) is 12.7 Å². The first-order chi connectivity index (χ1) is 13.6. The fraction of sp³-hybridized carbons (Fsp3) is 0.348. The molecule has 5 heteroatoms. The van der Waals surface area contributed by atoms with Crippen LogP contribution in [0, 0.1) is 0 Å². The molecule has 0 radical (unpaired) electrons. The molecule has 1 saturated heterocycles. The molecule has 1 aliphatic heterocycles. The second-order valence-electron chi connectivity index (χ2n) is 7.55. The maximum atomic E-state index is 13.4. The maximum absolute atomic E-state index is 13.4. The minimum atomic E-state index is 0.0767. The normalized spacial score (nSPS) is 14.5. The van der Waals surface area contributed by atoms with Crippen molar-refractivity contribution < 1.29 is 9.53 Å². The summed E-state index contributed by atoms with van der Waals surface area (Å²) in [5, 5.41) is 1.97. The van der Waals surface area contributed by atoms with Crippen LogP contribution >= 0.6 is 11.3 Å². The molecule has 0 saturated carbocycles. The number of methoxy groups -OCH3 is 1. The van der Waals surface area contributed by atoms with Crippen molar-refractivity contribution >= 4 is 32.2 Å². The highest BCUT2D eigenvalue weighted by Crippen LogP contribution is 2.40. The van der Waals surface area contributed by atoms with E-state index in [9.17, 15) is 4.79 Å². The van der Waals surface area contributed by atoms with Gasteiger partial charge in [0.2, 0.25) is 0 Å². The summed E-state index contributed by atoms with van der Waals surface area (Å²) in [6.45, 7) is 3.33. The van der Waals surface area contributed by atoms with Crippen LogP contribution in [0.3, 0.4) is 0 Å². The Hall–Kier alpha value is -2.37. The molecular formula is C23H26N2O2S. The Kier molecular flexibility index (Phi) is 5.38. The third kappa shape index (κ3) is 3.64. The first kappa shape index (κ1) is 19.0. The van der Waals surface area contributed by atoms with Crippen LogP contribution in [0.15, 0.2) is 42.5 Å². The number of thiophene rings is 1. The number of fused-ring (bicyclic) bond motifs is 1. The summed E-state index contributed by atoms with van der Waals surface area (Å²) in [5.74, 6) is 0.886. The van der Waals surface area contributed by atoms with Gasteiger partial charge in [-0.25, -0.2) is 0 Å². The fourth-order valence-electron chi connectivity index (χ4n) is 3.83. The topological polar surface area (TPSA) is 32.8 Å². The summed E-state index contributed by atoms with van der Waals surface area (Å²) in [6.07, 6.45) is 2.58. The van der Waals surface area contributed by atoms with Crippen LogP contribution in [0.25, 0.3) is 10.1 Å². The molecule has 0 spiro atoms. The third-order valence-electron chi connectivity index (χ3n) is 5.33. The van der Waals surface area contributed by atoms with Crippen LogP contribution in [0.4, 0.5) is 5.00 Å². The van der Waals surface area contributed by atoms with Gasteiger partial charge in [-0.2, -0.15) is 0 Å². The lowest BCUT2D eigenvalue weighted by molar-refractivity contribution is 0.104. The number of carbonyl (C=O) groups is 1. The molecule has 2 aromatic carbocycles. The summed E-state index contributed by atoms with van der Waals surface area (Å²) in [5.41, 5.74) is 2.79. The monoisotopic (exact) mass is 394 g/mol. The number of ether oxygens (including phenoxy) is 1. The summed E-state index contributed by atoms with van der Waals surface area (Å²) in [6, 6.07) is 14.1. The number of benzene rings is 2. The Balaban J connectivity index is 1.66. The number of rotatable bonds is 6. The van der Waals surface area contributed by atoms with E-state index in [1.165, 1.54) is 31.5 Å². The lowest BCUT2D eigenvalue weighted by Crippen LogP contribution is -2.18. The zero-order chi connectivity index (χ0) is 19.7. The number of ketones is 1. The predicted molar refractivity (Wildman–Crippen MR) is 117 cm³/mol. The number of anilines is 1. The largest absolute Gasteiger partial charge is 0.497 e. The van der Waals surface area contributed by atoms with Crippen molar-refractivity contribution in [3.8, 4) is 5.75 Å². The summed E-state index contributed by atoms with van der Waals surface area (Å²) in [4.78, 5) is 17.9. The number of carbonyl (C=O) groups excluding carboxylic acids is 1. The van der Waals surface area contributed by atoms with Crippen LogP contribution in [-0.2, 0) is 6.54 Å². The molecule has 4 rings (SSSR count). The number of hydrogen-bond acceptors (Lipinski definition) is 5. The van der Waals surface area contributed by atoms with Gasteiger partial charge in [0.25, 0.3) is 0 Å². The molecule has 1 fully saturated rings. The Morgan fingerprint density at radius 1 is 1.11 bits per heavy atom. The second kappa shape index (κ2) is 7.94. The summed E-state index contributed by atoms with van der Waals surface area (Å²) in [7, 11) is 5.63. The molecule has 3 aromatic rings. The van der Waals surface area contributed by atoms with Crippen LogP contribution in [0.5, 0.6) is 5.75 Å². The highest BCUT2D eigenvalue weighted by atomic mass is 32.1. The highest BCUT2D eigenvalue weighted by Gasteiger charge is 2.22. The van der Waals surface area contributed by atoms with Gasteiger partial charge in [-0.05, 0) is 49.7 Å². The van der Waals surface area contributed by atoms with E-state index in [0.29, 0.717) is 0 Å². The minimum absolute atomic E-state index is 0.0767. The van der Waals surface area contributed by atoms with Gasteiger partial charge in [0, 0.05) is 36.3 Å². The minimum Gasteiger partial charge on any atom is -0.497 e. The molecule has 0 amide bonds. The van der Waals surface area contributed by atoms with Gasteiger partial charge >= 0.3 is 0 Å². The summed E-state index contributed by atoms with van der Waals surface area (Å²) < 4.78 is 6.42. The molecule has 0 unspecified atom stereocenters. The van der Waals surface area contributed by atoms with Crippen LogP contribution in [0.2, 0.25) is 0 Å². The average molecular weight is 395 g/mol. The van der Waals surface area contributed by atoms with E-state index >= 15 is 0 Å². The molecule has 0 aliphatic carbocycles. The van der Waals surface area contributed by atoms with E-state index in [0.717, 1.165) is 38.5 Å². The van der Waals surface area contributed by atoms with E-state index in [2.05, 4.69) is 17.0 Å². The zero-order valence-corrected chi connectivity index (χ0v) is 17.5. The van der Waals surface area contributed by atoms with Crippen molar-refractivity contribution in [2.75, 3.05) is 39.2 Å². The van der Waals surface area contributed by atoms with Crippen molar-refractivity contribution in [2.24, 2.45) is 0 Å². The Labute approximate surface area is 170 Å². The number of nitrogens with zero attached hydrogens (tertiary/aromatic N) is 2. The fourth-order valence-corrected chi connectivity index (χ4v) is 4.98.